The van der Waals surface area contributed by atoms with E-state index in [4.69, 9.17) is 10.5 Å². The molecule has 4 heteroatoms. The van der Waals surface area contributed by atoms with Crippen molar-refractivity contribution in [3.05, 3.63) is 28.5 Å². The number of benzene rings is 1. The summed E-state index contributed by atoms with van der Waals surface area (Å²) in [6, 6.07) is 4.73. The largest absolute Gasteiger partial charge is 0.489 e. The molecule has 0 unspecified atom stereocenters. The summed E-state index contributed by atoms with van der Waals surface area (Å²) in [6.07, 6.45) is 0.838. The van der Waals surface area contributed by atoms with Gasteiger partial charge in [0.2, 0.25) is 0 Å². The summed E-state index contributed by atoms with van der Waals surface area (Å²) in [5.74, 6) is 0.358. The normalized spacial score (nSPS) is 14.8. The quantitative estimate of drug-likeness (QED) is 0.899. The molecule has 96 valence electrons. The molecule has 0 heterocycles. The van der Waals surface area contributed by atoms with Crippen LogP contribution < -0.4 is 10.5 Å². The van der Waals surface area contributed by atoms with Crippen LogP contribution in [0.25, 0.3) is 0 Å². The number of halogens is 2. The maximum atomic E-state index is 13.5. The monoisotopic (exact) mass is 303 g/mol. The van der Waals surface area contributed by atoms with Gasteiger partial charge in [-0.05, 0) is 37.5 Å². The summed E-state index contributed by atoms with van der Waals surface area (Å²) in [7, 11) is 0. The Kier molecular flexibility index (Phi) is 4.95. The lowest BCUT2D eigenvalue weighted by atomic mass is 9.93. The minimum atomic E-state index is -0.437. The van der Waals surface area contributed by atoms with Crippen molar-refractivity contribution in [3.8, 4) is 5.75 Å². The Bertz CT molecular complexity index is 380. The minimum absolute atomic E-state index is 0.244. The van der Waals surface area contributed by atoms with E-state index >= 15 is 0 Å². The van der Waals surface area contributed by atoms with Crippen LogP contribution in [0.1, 0.15) is 27.2 Å². The van der Waals surface area contributed by atoms with Gasteiger partial charge in [-0.1, -0.05) is 29.8 Å². The fourth-order valence-corrected chi connectivity index (χ4v) is 2.16. The van der Waals surface area contributed by atoms with Crippen molar-refractivity contribution in [2.24, 2.45) is 11.7 Å². The molecule has 0 aliphatic heterocycles. The van der Waals surface area contributed by atoms with E-state index in [-0.39, 0.29) is 11.6 Å². The Morgan fingerprint density at radius 3 is 2.65 bits per heavy atom. The van der Waals surface area contributed by atoms with Crippen LogP contribution in [0.2, 0.25) is 0 Å². The maximum Gasteiger partial charge on any atom is 0.166 e. The molecule has 0 radical (unpaired) electrons. The van der Waals surface area contributed by atoms with Crippen LogP contribution in [0.4, 0.5) is 4.39 Å². The third-order valence-electron chi connectivity index (χ3n) is 2.33. The summed E-state index contributed by atoms with van der Waals surface area (Å²) in [5, 5.41) is 0. The molecule has 0 fully saturated rings. The number of hydrogen-bond donors (Lipinski definition) is 1. The molecule has 2 nitrogen and oxygen atoms in total. The predicted octanol–water partition coefficient (Wildman–Crippen LogP) is 3.73. The number of rotatable bonds is 5. The fraction of sp³-hybridized carbons (Fsp3) is 0.538. The van der Waals surface area contributed by atoms with E-state index in [2.05, 4.69) is 29.8 Å². The van der Waals surface area contributed by atoms with Crippen molar-refractivity contribution >= 4 is 15.9 Å². The van der Waals surface area contributed by atoms with Crippen molar-refractivity contribution in [1.82, 2.24) is 0 Å². The number of ether oxygens (including phenoxy) is 1. The molecule has 1 aromatic carbocycles. The number of hydrogen-bond acceptors (Lipinski definition) is 2. The summed E-state index contributed by atoms with van der Waals surface area (Å²) < 4.78 is 19.6. The molecule has 0 bridgehead atoms. The molecule has 1 atom stereocenters. The Morgan fingerprint density at radius 2 is 2.12 bits per heavy atom. The van der Waals surface area contributed by atoms with Crippen LogP contribution in [0.3, 0.4) is 0 Å². The first-order valence-corrected chi connectivity index (χ1v) is 6.46. The van der Waals surface area contributed by atoms with Crippen molar-refractivity contribution in [1.29, 1.82) is 0 Å². The van der Waals surface area contributed by atoms with E-state index in [0.717, 1.165) is 6.42 Å². The van der Waals surface area contributed by atoms with Crippen LogP contribution in [0.15, 0.2) is 22.7 Å². The van der Waals surface area contributed by atoms with Gasteiger partial charge < -0.3 is 10.5 Å². The molecular formula is C13H19BrFNO. The van der Waals surface area contributed by atoms with Gasteiger partial charge in [0.1, 0.15) is 6.61 Å². The minimum Gasteiger partial charge on any atom is -0.489 e. The van der Waals surface area contributed by atoms with Gasteiger partial charge >= 0.3 is 0 Å². The molecule has 0 amide bonds. The van der Waals surface area contributed by atoms with Crippen LogP contribution in [0.5, 0.6) is 5.75 Å². The summed E-state index contributed by atoms with van der Waals surface area (Å²) in [4.78, 5) is 0. The van der Waals surface area contributed by atoms with Crippen LogP contribution in [0, 0.1) is 11.7 Å². The fourth-order valence-electron chi connectivity index (χ4n) is 1.83. The second kappa shape index (κ2) is 5.83. The molecular weight excluding hydrogens is 285 g/mol. The number of nitrogens with two attached hydrogens (primary N) is 1. The Morgan fingerprint density at radius 1 is 1.47 bits per heavy atom. The van der Waals surface area contributed by atoms with Gasteiger partial charge in [0.05, 0.1) is 0 Å². The van der Waals surface area contributed by atoms with Gasteiger partial charge in [0, 0.05) is 10.0 Å². The van der Waals surface area contributed by atoms with Crippen LogP contribution in [-0.2, 0) is 0 Å². The van der Waals surface area contributed by atoms with E-state index in [0.29, 0.717) is 17.0 Å². The summed E-state index contributed by atoms with van der Waals surface area (Å²) >= 11 is 3.20. The molecule has 0 aromatic heterocycles. The topological polar surface area (TPSA) is 35.2 Å². The van der Waals surface area contributed by atoms with Crippen molar-refractivity contribution < 1.29 is 9.13 Å². The smallest absolute Gasteiger partial charge is 0.166 e. The highest BCUT2D eigenvalue weighted by Gasteiger charge is 2.21. The Hall–Kier alpha value is -0.610. The highest BCUT2D eigenvalue weighted by molar-refractivity contribution is 9.10. The lowest BCUT2D eigenvalue weighted by Crippen LogP contribution is -2.43. The molecule has 17 heavy (non-hydrogen) atoms. The van der Waals surface area contributed by atoms with E-state index in [1.54, 1.807) is 12.1 Å². The Balaban J connectivity index is 2.61. The highest BCUT2D eigenvalue weighted by atomic mass is 79.9. The molecule has 0 spiro atoms. The second-order valence-electron chi connectivity index (χ2n) is 5.12. The SMILES string of the molecule is CC(C)C[C@](C)(N)COc1ccc(Br)cc1F. The van der Waals surface area contributed by atoms with Crippen LogP contribution >= 0.6 is 15.9 Å². The predicted molar refractivity (Wildman–Crippen MR) is 71.6 cm³/mol. The van der Waals surface area contributed by atoms with Crippen molar-refractivity contribution in [3.63, 3.8) is 0 Å². The summed E-state index contributed by atoms with van der Waals surface area (Å²) in [6.45, 7) is 6.43. The molecule has 0 aliphatic rings. The first-order chi connectivity index (χ1) is 7.80. The molecule has 1 rings (SSSR count). The zero-order valence-corrected chi connectivity index (χ0v) is 12.1. The third kappa shape index (κ3) is 5.04. The molecule has 1 aromatic rings. The first kappa shape index (κ1) is 14.5. The molecule has 0 aliphatic carbocycles. The van der Waals surface area contributed by atoms with E-state index in [1.165, 1.54) is 6.07 Å². The second-order valence-corrected chi connectivity index (χ2v) is 6.03. The zero-order chi connectivity index (χ0) is 13.1. The van der Waals surface area contributed by atoms with E-state index in [9.17, 15) is 4.39 Å². The third-order valence-corrected chi connectivity index (χ3v) is 2.82. The van der Waals surface area contributed by atoms with Gasteiger partial charge in [-0.25, -0.2) is 4.39 Å². The molecule has 0 saturated carbocycles. The van der Waals surface area contributed by atoms with Gasteiger partial charge in [0.15, 0.2) is 11.6 Å². The average molecular weight is 304 g/mol. The lowest BCUT2D eigenvalue weighted by Gasteiger charge is -2.26. The van der Waals surface area contributed by atoms with Gasteiger partial charge in [-0.3, -0.25) is 0 Å². The molecule has 0 saturated heterocycles. The average Bonchev–Trinajstić information content (AvgIpc) is 2.14. The van der Waals surface area contributed by atoms with Gasteiger partial charge in [0.25, 0.3) is 0 Å². The Labute approximate surface area is 110 Å². The first-order valence-electron chi connectivity index (χ1n) is 5.67. The summed E-state index contributed by atoms with van der Waals surface area (Å²) in [5.41, 5.74) is 5.65. The van der Waals surface area contributed by atoms with E-state index < -0.39 is 5.54 Å². The van der Waals surface area contributed by atoms with Gasteiger partial charge in [-0.15, -0.1) is 0 Å². The molecule has 2 N–H and O–H groups in total. The maximum absolute atomic E-state index is 13.5. The van der Waals surface area contributed by atoms with Crippen molar-refractivity contribution in [2.45, 2.75) is 32.7 Å². The standard InChI is InChI=1S/C13H19BrFNO/c1-9(2)7-13(3,16)8-17-12-5-4-10(14)6-11(12)15/h4-6,9H,7-8,16H2,1-3H3/t13-/m0/s1. The van der Waals surface area contributed by atoms with E-state index in [1.807, 2.05) is 6.92 Å². The highest BCUT2D eigenvalue weighted by Crippen LogP contribution is 2.23. The van der Waals surface area contributed by atoms with Gasteiger partial charge in [-0.2, -0.15) is 0 Å². The van der Waals surface area contributed by atoms with Crippen LogP contribution in [-0.4, -0.2) is 12.1 Å². The zero-order valence-electron chi connectivity index (χ0n) is 10.5. The van der Waals surface area contributed by atoms with Crippen molar-refractivity contribution in [2.75, 3.05) is 6.61 Å². The lowest BCUT2D eigenvalue weighted by molar-refractivity contribution is 0.200.